The molecule has 3 aromatic carbocycles. The first-order valence-electron chi connectivity index (χ1n) is 35.0. The summed E-state index contributed by atoms with van der Waals surface area (Å²) in [5.41, 5.74) is -1.40. The number of likely N-dealkylation sites (N-methyl/N-ethyl adjacent to an activating group) is 1. The van der Waals surface area contributed by atoms with Gasteiger partial charge in [0.15, 0.2) is 0 Å². The number of hydrogen-bond acceptors (Lipinski definition) is 10. The summed E-state index contributed by atoms with van der Waals surface area (Å²) >= 11 is 0. The number of aliphatic hydroxyl groups is 6. The largest absolute Gasteiger partial charge is 0.454 e. The number of nitrogens with one attached hydrogen (secondary N) is 1. The molecule has 0 saturated heterocycles. The van der Waals surface area contributed by atoms with E-state index in [0.29, 0.717) is 57.3 Å². The smallest absolute Gasteiger partial charge is 0.331 e. The van der Waals surface area contributed by atoms with Crippen molar-refractivity contribution >= 4 is 12.3 Å². The standard InChI is InChI=1S/C77H97NO9/c1-46(51-12-3-4-13-51)53-20-21-61-68(82)71-30-23-48(40-71)19-18-47-10-7-16-56(33-47)72(26-5-6-27-72)57-17-8-11-49(34-57)32-50-22-28-70(39-50)29-24-52-14-9-15-54(42-79)58(52)37-63(78-2)59-35-55-41-75(84)73(43-70,66(55)60-38-65(81)87-67(59)60)31-25-64-74(44-71,45-80)76(61,85)62(36-53)69(83)77(64,75)86/h7-11,14-17,33-34,38,45-46,48,50-51,53,55,59,61-64,66-69,78-79,82-86H,3-6,12-13,18-23,25-28,30-32,35-37,39-44H2,1-2H3. The minimum atomic E-state index is -2.28. The third-order valence-corrected chi connectivity index (χ3v) is 29.3. The molecule has 10 saturated carbocycles. The van der Waals surface area contributed by atoms with Gasteiger partial charge in [-0.2, -0.15) is 0 Å². The Labute approximate surface area is 516 Å². The van der Waals surface area contributed by atoms with E-state index in [1.54, 1.807) is 6.08 Å². The van der Waals surface area contributed by atoms with Crippen molar-refractivity contribution in [2.75, 3.05) is 7.05 Å². The molecule has 10 nitrogen and oxygen atoms in total. The number of esters is 1. The molecule has 10 fully saturated rings. The first-order chi connectivity index (χ1) is 42.0. The van der Waals surface area contributed by atoms with Gasteiger partial charge < -0.3 is 45.5 Å². The lowest BCUT2D eigenvalue weighted by Crippen LogP contribution is -2.86. The van der Waals surface area contributed by atoms with E-state index in [9.17, 15) is 25.2 Å². The Morgan fingerprint density at radius 3 is 2.26 bits per heavy atom. The van der Waals surface area contributed by atoms with Crippen LogP contribution in [-0.2, 0) is 45.6 Å². The van der Waals surface area contributed by atoms with Gasteiger partial charge in [0.2, 0.25) is 0 Å². The van der Waals surface area contributed by atoms with Crippen molar-refractivity contribution in [1.29, 1.82) is 0 Å². The van der Waals surface area contributed by atoms with E-state index in [1.165, 1.54) is 47.9 Å². The number of aldehydes is 1. The second-order valence-corrected chi connectivity index (χ2v) is 32.4. The molecule has 14 aliphatic carbocycles. The van der Waals surface area contributed by atoms with Crippen LogP contribution in [0.2, 0.25) is 0 Å². The Balaban J connectivity index is 0.926. The molecule has 10 heteroatoms. The van der Waals surface area contributed by atoms with Crippen LogP contribution in [0.4, 0.5) is 0 Å². The maximum Gasteiger partial charge on any atom is 0.331 e. The highest BCUT2D eigenvalue weighted by Gasteiger charge is 2.87. The third kappa shape index (κ3) is 8.03. The minimum Gasteiger partial charge on any atom is -0.454 e. The summed E-state index contributed by atoms with van der Waals surface area (Å²) in [4.78, 5) is 29.9. The molecule has 1 aliphatic heterocycles. The molecular weight excluding hydrogens is 1080 g/mol. The summed E-state index contributed by atoms with van der Waals surface area (Å²) in [6.45, 7) is 2.22. The second-order valence-electron chi connectivity index (χ2n) is 32.4. The van der Waals surface area contributed by atoms with Crippen molar-refractivity contribution in [1.82, 2.24) is 5.32 Å². The first kappa shape index (κ1) is 57.9. The Morgan fingerprint density at radius 2 is 1.49 bits per heavy atom. The van der Waals surface area contributed by atoms with E-state index < -0.39 is 86.4 Å². The molecule has 15 aliphatic rings. The van der Waals surface area contributed by atoms with Crippen LogP contribution in [0.1, 0.15) is 200 Å². The highest BCUT2D eigenvalue weighted by molar-refractivity contribution is 5.86. The fourth-order valence-corrected chi connectivity index (χ4v) is 25.6. The average molecular weight is 1180 g/mol. The molecular formula is C77H97NO9. The SMILES string of the molecule is CNC1Cc2c(cccc2CO)C#CC23CCC(Cc4cccc(c4)C4(CCCC4)c4cccc(c4)CCC4CCC5(C4)CC4(C=O)C6CCC7(C2)C2C8=CC(=O)OC8C1CC2CC7(O)C6(O)C(O)C1CC(C(C)C2CCCC2)CCC(C5O)C14O)C3. The Bertz CT molecular complexity index is 3330. The number of aryl methyl sites for hydroxylation is 1. The number of fused-ring (bicyclic) bond motifs is 3. The van der Waals surface area contributed by atoms with Gasteiger partial charge in [0.25, 0.3) is 0 Å². The van der Waals surface area contributed by atoms with Gasteiger partial charge >= 0.3 is 5.97 Å². The zero-order chi connectivity index (χ0) is 59.7. The van der Waals surface area contributed by atoms with Gasteiger partial charge in [-0.15, -0.1) is 0 Å². The van der Waals surface area contributed by atoms with Gasteiger partial charge in [-0.25, -0.2) is 4.79 Å². The molecule has 0 radical (unpaired) electrons. The fraction of sp³-hybridized carbons (Fsp3) is 0.688. The van der Waals surface area contributed by atoms with Crippen LogP contribution in [-0.4, -0.2) is 91.1 Å². The number of carbonyl (C=O) groups excluding carboxylic acids is 2. The lowest BCUT2D eigenvalue weighted by atomic mass is 9.32. The van der Waals surface area contributed by atoms with E-state index in [4.69, 9.17) is 4.74 Å². The topological polar surface area (TPSA) is 177 Å². The fourth-order valence-electron chi connectivity index (χ4n) is 25.6. The number of hydrogen-bond donors (Lipinski definition) is 7. The van der Waals surface area contributed by atoms with Gasteiger partial charge in [-0.05, 0) is 234 Å². The zero-order valence-electron chi connectivity index (χ0n) is 51.9. The van der Waals surface area contributed by atoms with Crippen molar-refractivity contribution < 1.29 is 45.0 Å². The minimum absolute atomic E-state index is 0.0627. The number of ether oxygens (including phenoxy) is 1. The molecule has 4 spiro atoms. The molecule has 21 atom stereocenters. The highest BCUT2D eigenvalue weighted by atomic mass is 16.5. The lowest BCUT2D eigenvalue weighted by molar-refractivity contribution is -0.385. The molecule has 87 heavy (non-hydrogen) atoms. The quantitative estimate of drug-likeness (QED) is 0.0739. The van der Waals surface area contributed by atoms with E-state index >= 15 is 15.0 Å². The van der Waals surface area contributed by atoms with Crippen molar-refractivity contribution in [2.24, 2.45) is 86.8 Å². The highest BCUT2D eigenvalue weighted by Crippen LogP contribution is 2.80. The Kier molecular flexibility index (Phi) is 13.8. The lowest BCUT2D eigenvalue weighted by Gasteiger charge is -2.75. The van der Waals surface area contributed by atoms with Crippen LogP contribution in [0.15, 0.2) is 78.4 Å². The maximum absolute atomic E-state index is 15.6. The summed E-state index contributed by atoms with van der Waals surface area (Å²) in [7, 11) is 1.96. The average Bonchev–Trinajstić information content (AvgIpc) is 1.63. The number of benzene rings is 3. The number of aliphatic hydroxyl groups excluding tert-OH is 3. The van der Waals surface area contributed by atoms with Gasteiger partial charge in [-0.3, -0.25) is 0 Å². The third-order valence-electron chi connectivity index (χ3n) is 29.3. The molecule has 15 bridgehead atoms. The summed E-state index contributed by atoms with van der Waals surface area (Å²) in [5, 5.41) is 88.2. The summed E-state index contributed by atoms with van der Waals surface area (Å²) in [6.07, 6.45) is 20.5. The van der Waals surface area contributed by atoms with Crippen molar-refractivity contribution in [3.05, 3.63) is 117 Å². The molecule has 3 aromatic rings. The predicted octanol–water partition coefficient (Wildman–Crippen LogP) is 11.0. The van der Waals surface area contributed by atoms with Crippen LogP contribution in [0.5, 0.6) is 0 Å². The van der Waals surface area contributed by atoms with E-state index in [1.807, 2.05) is 19.2 Å². The molecule has 18 rings (SSSR count). The van der Waals surface area contributed by atoms with Crippen LogP contribution in [0.3, 0.4) is 0 Å². The van der Waals surface area contributed by atoms with Crippen molar-refractivity contribution in [3.8, 4) is 11.8 Å². The van der Waals surface area contributed by atoms with Gasteiger partial charge in [0.1, 0.15) is 23.6 Å². The van der Waals surface area contributed by atoms with Crippen molar-refractivity contribution in [2.45, 2.75) is 233 Å². The summed E-state index contributed by atoms with van der Waals surface area (Å²) < 4.78 is 6.58. The van der Waals surface area contributed by atoms with Gasteiger partial charge in [-0.1, -0.05) is 118 Å². The maximum atomic E-state index is 15.6. The second kappa shape index (κ2) is 20.7. The van der Waals surface area contributed by atoms with Crippen LogP contribution >= 0.6 is 0 Å². The van der Waals surface area contributed by atoms with Crippen LogP contribution in [0, 0.1) is 98.6 Å². The van der Waals surface area contributed by atoms with Crippen molar-refractivity contribution in [3.63, 3.8) is 0 Å². The summed E-state index contributed by atoms with van der Waals surface area (Å²) in [5.74, 6) is 5.23. The predicted molar refractivity (Wildman–Crippen MR) is 332 cm³/mol. The van der Waals surface area contributed by atoms with Gasteiger partial charge in [0, 0.05) is 57.6 Å². The monoisotopic (exact) mass is 1180 g/mol. The Hall–Kier alpha value is -4.18. The van der Waals surface area contributed by atoms with E-state index in [2.05, 4.69) is 78.7 Å². The van der Waals surface area contributed by atoms with E-state index in [-0.39, 0.29) is 72.8 Å². The zero-order valence-corrected chi connectivity index (χ0v) is 51.9. The summed E-state index contributed by atoms with van der Waals surface area (Å²) in [6, 6.07) is 24.8. The van der Waals surface area contributed by atoms with Gasteiger partial charge in [0.05, 0.1) is 29.8 Å². The Morgan fingerprint density at radius 1 is 0.736 bits per heavy atom. The number of rotatable bonds is 5. The molecule has 7 N–H and O–H groups in total. The molecule has 464 valence electrons. The van der Waals surface area contributed by atoms with Crippen LogP contribution in [0.25, 0.3) is 0 Å². The normalized spacial score (nSPS) is 45.9. The molecule has 0 aromatic heterocycles. The molecule has 1 heterocycles. The van der Waals surface area contributed by atoms with E-state index in [0.717, 1.165) is 106 Å². The number of carbonyl (C=O) groups is 2. The molecule has 0 amide bonds. The molecule has 21 unspecified atom stereocenters. The first-order valence-corrected chi connectivity index (χ1v) is 35.0. The van der Waals surface area contributed by atoms with Crippen LogP contribution < -0.4 is 5.32 Å².